The van der Waals surface area contributed by atoms with Crippen LogP contribution in [0.15, 0.2) is 134 Å². The fourth-order valence-electron chi connectivity index (χ4n) is 7.04. The van der Waals surface area contributed by atoms with E-state index in [-0.39, 0.29) is 44.0 Å². The summed E-state index contributed by atoms with van der Waals surface area (Å²) in [5.41, 5.74) is 0. The highest BCUT2D eigenvalue weighted by atomic mass is 16.6. The molecule has 0 amide bonds. The van der Waals surface area contributed by atoms with E-state index < -0.39 is 6.10 Å². The summed E-state index contributed by atoms with van der Waals surface area (Å²) in [5.74, 6) is -1.03. The molecular formula is C63H100O6. The van der Waals surface area contributed by atoms with Crippen molar-refractivity contribution in [2.45, 2.75) is 232 Å². The van der Waals surface area contributed by atoms with Gasteiger partial charge in [0, 0.05) is 19.3 Å². The number of ether oxygens (including phenoxy) is 3. The van der Waals surface area contributed by atoms with E-state index >= 15 is 0 Å². The van der Waals surface area contributed by atoms with Gasteiger partial charge in [-0.15, -0.1) is 0 Å². The Labute approximate surface area is 424 Å². The molecule has 1 atom stereocenters. The van der Waals surface area contributed by atoms with Crippen LogP contribution in [0.3, 0.4) is 0 Å². The van der Waals surface area contributed by atoms with E-state index in [4.69, 9.17) is 14.2 Å². The maximum Gasteiger partial charge on any atom is 0.306 e. The molecule has 0 aliphatic carbocycles. The molecule has 0 saturated carbocycles. The van der Waals surface area contributed by atoms with Crippen LogP contribution in [0.25, 0.3) is 0 Å². The minimum atomic E-state index is -0.824. The van der Waals surface area contributed by atoms with Crippen LogP contribution in [0.4, 0.5) is 0 Å². The summed E-state index contributed by atoms with van der Waals surface area (Å²) in [6.45, 7) is 6.28. The van der Waals surface area contributed by atoms with E-state index in [2.05, 4.69) is 142 Å². The van der Waals surface area contributed by atoms with Crippen LogP contribution in [0.1, 0.15) is 226 Å². The lowest BCUT2D eigenvalue weighted by Gasteiger charge is -2.18. The van der Waals surface area contributed by atoms with Crippen LogP contribution in [0.2, 0.25) is 0 Å². The maximum absolute atomic E-state index is 12.8. The number of hydrogen-bond donors (Lipinski definition) is 0. The molecule has 0 aliphatic rings. The van der Waals surface area contributed by atoms with Crippen molar-refractivity contribution in [3.05, 3.63) is 134 Å². The van der Waals surface area contributed by atoms with Crippen molar-refractivity contribution >= 4 is 17.9 Å². The van der Waals surface area contributed by atoms with Crippen molar-refractivity contribution in [2.24, 2.45) is 0 Å². The van der Waals surface area contributed by atoms with Gasteiger partial charge in [0.2, 0.25) is 0 Å². The van der Waals surface area contributed by atoms with Crippen molar-refractivity contribution in [3.8, 4) is 0 Å². The molecule has 0 aliphatic heterocycles. The van der Waals surface area contributed by atoms with E-state index in [1.165, 1.54) is 51.4 Å². The number of hydrogen-bond acceptors (Lipinski definition) is 6. The van der Waals surface area contributed by atoms with Crippen molar-refractivity contribution in [1.29, 1.82) is 0 Å². The van der Waals surface area contributed by atoms with Crippen molar-refractivity contribution in [3.63, 3.8) is 0 Å². The lowest BCUT2D eigenvalue weighted by Crippen LogP contribution is -2.30. The first-order chi connectivity index (χ1) is 34.0. The standard InChI is InChI=1S/C63H100O6/c1-4-7-10-13-16-19-22-25-27-28-29-30-31-32-33-34-36-38-41-44-47-50-53-56-62(65)68-59-60(58-67-61(64)55-52-49-46-43-40-37-24-21-18-15-12-9-6-3)69-63(66)57-54-51-48-45-42-39-35-26-23-20-17-14-11-8-5-2/h7,9-10,12,16-21,25-27,29-30,32-33,35,37,40,46,49,60H,4-6,8,11,13-15,22-24,28,31,34,36,38-39,41-45,47-48,50-59H2,1-3H3/b10-7-,12-9-,19-16-,20-17-,21-18-,27-25-,30-29-,33-32-,35-26-,40-37-,49-46-. The Bertz CT molecular complexity index is 1510. The van der Waals surface area contributed by atoms with Crippen LogP contribution in [0, 0.1) is 0 Å². The lowest BCUT2D eigenvalue weighted by atomic mass is 10.1. The Morgan fingerprint density at radius 2 is 0.594 bits per heavy atom. The molecule has 6 nitrogen and oxygen atoms in total. The zero-order valence-corrected chi connectivity index (χ0v) is 44.3. The van der Waals surface area contributed by atoms with Crippen LogP contribution in [-0.2, 0) is 28.6 Å². The topological polar surface area (TPSA) is 78.9 Å². The van der Waals surface area contributed by atoms with E-state index in [1.807, 2.05) is 12.2 Å². The SMILES string of the molecule is CC/C=C\C/C=C\C/C=C\C/C=C\C/C=C\CCCCCCCCCC(=O)OCC(COC(=O)CC/C=C\C/C=C\C/C=C\C/C=C\CC)OC(=O)CCCCCCC/C=C\C/C=C\CCCCC. The first-order valence-electron chi connectivity index (χ1n) is 27.7. The average Bonchev–Trinajstić information content (AvgIpc) is 3.35. The number of esters is 3. The van der Waals surface area contributed by atoms with Crippen LogP contribution >= 0.6 is 0 Å². The average molecular weight is 953 g/mol. The summed E-state index contributed by atoms with van der Waals surface area (Å²) in [5, 5.41) is 0. The van der Waals surface area contributed by atoms with Crippen LogP contribution in [-0.4, -0.2) is 37.2 Å². The quantitative estimate of drug-likeness (QED) is 0.0262. The van der Waals surface area contributed by atoms with Crippen LogP contribution in [0.5, 0.6) is 0 Å². The molecule has 0 spiro atoms. The Morgan fingerprint density at radius 3 is 0.971 bits per heavy atom. The molecule has 0 radical (unpaired) electrons. The van der Waals surface area contributed by atoms with E-state index in [9.17, 15) is 14.4 Å². The van der Waals surface area contributed by atoms with Crippen molar-refractivity contribution in [2.75, 3.05) is 13.2 Å². The number of rotatable bonds is 48. The molecule has 6 heteroatoms. The Balaban J connectivity index is 4.47. The highest BCUT2D eigenvalue weighted by molar-refractivity contribution is 5.71. The number of allylic oxidation sites excluding steroid dienone is 22. The summed E-state index contributed by atoms with van der Waals surface area (Å²) in [6, 6.07) is 0. The summed E-state index contributed by atoms with van der Waals surface area (Å²) in [7, 11) is 0. The van der Waals surface area contributed by atoms with Gasteiger partial charge in [-0.3, -0.25) is 14.4 Å². The third kappa shape index (κ3) is 54.4. The van der Waals surface area contributed by atoms with Gasteiger partial charge in [-0.2, -0.15) is 0 Å². The van der Waals surface area contributed by atoms with Gasteiger partial charge in [-0.1, -0.05) is 219 Å². The van der Waals surface area contributed by atoms with Gasteiger partial charge in [0.25, 0.3) is 0 Å². The molecule has 0 rings (SSSR count). The number of carbonyl (C=O) groups excluding carboxylic acids is 3. The van der Waals surface area contributed by atoms with Gasteiger partial charge in [0.05, 0.1) is 0 Å². The van der Waals surface area contributed by atoms with Gasteiger partial charge in [0.15, 0.2) is 6.10 Å². The largest absolute Gasteiger partial charge is 0.462 e. The van der Waals surface area contributed by atoms with E-state index in [0.29, 0.717) is 12.8 Å². The minimum Gasteiger partial charge on any atom is -0.462 e. The third-order valence-electron chi connectivity index (χ3n) is 11.1. The van der Waals surface area contributed by atoms with Crippen molar-refractivity contribution in [1.82, 2.24) is 0 Å². The molecule has 0 aromatic rings. The summed E-state index contributed by atoms with van der Waals surface area (Å²) in [6.07, 6.45) is 78.8. The lowest BCUT2D eigenvalue weighted by molar-refractivity contribution is -0.166. The van der Waals surface area contributed by atoms with E-state index in [0.717, 1.165) is 128 Å². The van der Waals surface area contributed by atoms with Gasteiger partial charge in [-0.25, -0.2) is 0 Å². The maximum atomic E-state index is 12.8. The highest BCUT2D eigenvalue weighted by Gasteiger charge is 2.19. The van der Waals surface area contributed by atoms with Gasteiger partial charge >= 0.3 is 17.9 Å². The fourth-order valence-corrected chi connectivity index (χ4v) is 7.04. The molecule has 0 heterocycles. The normalized spacial score (nSPS) is 13.1. The Morgan fingerprint density at radius 1 is 0.304 bits per heavy atom. The second-order valence-corrected chi connectivity index (χ2v) is 17.7. The third-order valence-corrected chi connectivity index (χ3v) is 11.1. The van der Waals surface area contributed by atoms with Gasteiger partial charge in [-0.05, 0) is 122 Å². The molecule has 0 bridgehead atoms. The summed E-state index contributed by atoms with van der Waals surface area (Å²) >= 11 is 0. The molecule has 1 unspecified atom stereocenters. The summed E-state index contributed by atoms with van der Waals surface area (Å²) in [4.78, 5) is 38.0. The number of carbonyl (C=O) groups is 3. The number of unbranched alkanes of at least 4 members (excludes halogenated alkanes) is 15. The van der Waals surface area contributed by atoms with Gasteiger partial charge in [0.1, 0.15) is 13.2 Å². The summed E-state index contributed by atoms with van der Waals surface area (Å²) < 4.78 is 16.7. The molecule has 69 heavy (non-hydrogen) atoms. The second kappa shape index (κ2) is 56.1. The molecule has 0 aromatic heterocycles. The second-order valence-electron chi connectivity index (χ2n) is 17.7. The predicted octanol–water partition coefficient (Wildman–Crippen LogP) is 18.6. The first-order valence-corrected chi connectivity index (χ1v) is 27.7. The first kappa shape index (κ1) is 64.5. The molecule has 0 aromatic carbocycles. The fraction of sp³-hybridized carbons (Fsp3) is 0.603. The van der Waals surface area contributed by atoms with Crippen molar-refractivity contribution < 1.29 is 28.6 Å². The zero-order valence-electron chi connectivity index (χ0n) is 44.3. The molecule has 0 saturated heterocycles. The van der Waals surface area contributed by atoms with Gasteiger partial charge < -0.3 is 14.2 Å². The predicted molar refractivity (Wildman–Crippen MR) is 297 cm³/mol. The van der Waals surface area contributed by atoms with Crippen LogP contribution < -0.4 is 0 Å². The Kier molecular flexibility index (Phi) is 52.5. The minimum absolute atomic E-state index is 0.116. The highest BCUT2D eigenvalue weighted by Crippen LogP contribution is 2.13. The smallest absolute Gasteiger partial charge is 0.306 e. The molecular weight excluding hydrogens is 853 g/mol. The molecule has 388 valence electrons. The monoisotopic (exact) mass is 953 g/mol. The van der Waals surface area contributed by atoms with E-state index in [1.54, 1.807) is 0 Å². The molecule has 0 N–H and O–H groups in total. The Hall–Kier alpha value is -4.45. The zero-order chi connectivity index (χ0) is 50.0. The molecule has 0 fully saturated rings.